The molecule has 1 aromatic heterocycles. The molecule has 1 aromatic carbocycles. The van der Waals surface area contributed by atoms with Gasteiger partial charge in [-0.05, 0) is 35.6 Å². The molecule has 1 saturated heterocycles. The number of hydrogen-bond acceptors (Lipinski definition) is 4. The Morgan fingerprint density at radius 3 is 2.59 bits per heavy atom. The summed E-state index contributed by atoms with van der Waals surface area (Å²) >= 11 is 1.56. The molecular formula is C20H24FN3O2S. The SMILES string of the molecule is CC(=O)N1CCCN(CC(=O)NC(c2ccc(F)cc2)c2cccs2)CC1. The summed E-state index contributed by atoms with van der Waals surface area (Å²) in [6.45, 7) is 4.73. The fourth-order valence-corrected chi connectivity index (χ4v) is 4.09. The summed E-state index contributed by atoms with van der Waals surface area (Å²) in [5, 5.41) is 5.05. The molecule has 1 atom stereocenters. The second kappa shape index (κ2) is 9.10. The number of halogens is 1. The van der Waals surface area contributed by atoms with E-state index >= 15 is 0 Å². The number of amides is 2. The van der Waals surface area contributed by atoms with Gasteiger partial charge in [-0.25, -0.2) is 4.39 Å². The highest BCUT2D eigenvalue weighted by molar-refractivity contribution is 7.10. The first-order chi connectivity index (χ1) is 13.0. The molecule has 0 radical (unpaired) electrons. The fraction of sp³-hybridized carbons (Fsp3) is 0.400. The van der Waals surface area contributed by atoms with E-state index in [0.717, 1.165) is 30.0 Å². The molecule has 0 bridgehead atoms. The number of nitrogens with one attached hydrogen (secondary N) is 1. The Morgan fingerprint density at radius 2 is 1.93 bits per heavy atom. The Labute approximate surface area is 162 Å². The first-order valence-electron chi connectivity index (χ1n) is 9.09. The first kappa shape index (κ1) is 19.5. The highest BCUT2D eigenvalue weighted by atomic mass is 32.1. The smallest absolute Gasteiger partial charge is 0.234 e. The van der Waals surface area contributed by atoms with Crippen LogP contribution in [0.25, 0.3) is 0 Å². The largest absolute Gasteiger partial charge is 0.343 e. The van der Waals surface area contributed by atoms with Crippen LogP contribution in [0.2, 0.25) is 0 Å². The summed E-state index contributed by atoms with van der Waals surface area (Å²) < 4.78 is 13.3. The zero-order valence-corrected chi connectivity index (χ0v) is 16.2. The molecule has 0 aliphatic carbocycles. The number of benzene rings is 1. The van der Waals surface area contributed by atoms with E-state index in [1.165, 1.54) is 12.1 Å². The quantitative estimate of drug-likeness (QED) is 0.855. The number of thiophene rings is 1. The molecule has 1 N–H and O–H groups in total. The lowest BCUT2D eigenvalue weighted by Crippen LogP contribution is -2.41. The maximum absolute atomic E-state index is 13.3. The van der Waals surface area contributed by atoms with E-state index in [1.54, 1.807) is 30.4 Å². The van der Waals surface area contributed by atoms with Gasteiger partial charge in [0.05, 0.1) is 12.6 Å². The molecule has 7 heteroatoms. The van der Waals surface area contributed by atoms with Crippen LogP contribution in [0.3, 0.4) is 0 Å². The average Bonchev–Trinajstić information content (AvgIpc) is 3.07. The Bertz CT molecular complexity index is 764. The van der Waals surface area contributed by atoms with Gasteiger partial charge in [0.15, 0.2) is 0 Å². The van der Waals surface area contributed by atoms with Crippen LogP contribution in [0.5, 0.6) is 0 Å². The first-order valence-corrected chi connectivity index (χ1v) is 9.97. The van der Waals surface area contributed by atoms with E-state index in [2.05, 4.69) is 10.2 Å². The van der Waals surface area contributed by atoms with E-state index in [4.69, 9.17) is 0 Å². The monoisotopic (exact) mass is 389 g/mol. The Balaban J connectivity index is 1.64. The van der Waals surface area contributed by atoms with Crippen molar-refractivity contribution in [3.05, 3.63) is 58.0 Å². The summed E-state index contributed by atoms with van der Waals surface area (Å²) in [5.41, 5.74) is 0.853. The Morgan fingerprint density at radius 1 is 1.15 bits per heavy atom. The van der Waals surface area contributed by atoms with Gasteiger partial charge in [0, 0.05) is 38.0 Å². The second-order valence-electron chi connectivity index (χ2n) is 6.70. The van der Waals surface area contributed by atoms with Crippen molar-refractivity contribution in [2.24, 2.45) is 0 Å². The van der Waals surface area contributed by atoms with E-state index in [0.29, 0.717) is 13.1 Å². The molecule has 2 aromatic rings. The van der Waals surface area contributed by atoms with Crippen molar-refractivity contribution in [2.75, 3.05) is 32.7 Å². The number of carbonyl (C=O) groups excluding carboxylic acids is 2. The van der Waals surface area contributed by atoms with Crippen LogP contribution < -0.4 is 5.32 Å². The predicted octanol–water partition coefficient (Wildman–Crippen LogP) is 2.65. The molecule has 5 nitrogen and oxygen atoms in total. The van der Waals surface area contributed by atoms with Gasteiger partial charge in [-0.15, -0.1) is 11.3 Å². The van der Waals surface area contributed by atoms with Gasteiger partial charge in [0.2, 0.25) is 11.8 Å². The lowest BCUT2D eigenvalue weighted by Gasteiger charge is -2.23. The molecule has 3 rings (SSSR count). The van der Waals surface area contributed by atoms with Gasteiger partial charge in [0.1, 0.15) is 5.82 Å². The van der Waals surface area contributed by atoms with Gasteiger partial charge in [0.25, 0.3) is 0 Å². The summed E-state index contributed by atoms with van der Waals surface area (Å²) in [7, 11) is 0. The van der Waals surface area contributed by atoms with E-state index < -0.39 is 0 Å². The third-order valence-electron chi connectivity index (χ3n) is 4.74. The predicted molar refractivity (Wildman–Crippen MR) is 104 cm³/mol. The maximum atomic E-state index is 13.3. The van der Waals surface area contributed by atoms with Crippen LogP contribution in [0.15, 0.2) is 41.8 Å². The van der Waals surface area contributed by atoms with E-state index in [1.807, 2.05) is 22.4 Å². The molecule has 1 aliphatic rings. The summed E-state index contributed by atoms with van der Waals surface area (Å²) in [5.74, 6) is -0.293. The Kier molecular flexibility index (Phi) is 6.58. The van der Waals surface area contributed by atoms with Crippen LogP contribution in [0.1, 0.15) is 29.8 Å². The molecule has 2 heterocycles. The van der Waals surface area contributed by atoms with Crippen LogP contribution in [-0.4, -0.2) is 54.3 Å². The minimum Gasteiger partial charge on any atom is -0.343 e. The zero-order chi connectivity index (χ0) is 19.2. The zero-order valence-electron chi connectivity index (χ0n) is 15.4. The molecule has 144 valence electrons. The number of rotatable bonds is 5. The summed E-state index contributed by atoms with van der Waals surface area (Å²) in [6, 6.07) is 9.84. The number of hydrogen-bond donors (Lipinski definition) is 1. The third-order valence-corrected chi connectivity index (χ3v) is 5.67. The van der Waals surface area contributed by atoms with Crippen molar-refractivity contribution in [3.63, 3.8) is 0 Å². The second-order valence-corrected chi connectivity index (χ2v) is 7.68. The van der Waals surface area contributed by atoms with Crippen LogP contribution >= 0.6 is 11.3 Å². The summed E-state index contributed by atoms with van der Waals surface area (Å²) in [6.07, 6.45) is 0.860. The molecule has 1 unspecified atom stereocenters. The van der Waals surface area contributed by atoms with Gasteiger partial charge in [-0.2, -0.15) is 0 Å². The average molecular weight is 389 g/mol. The molecule has 0 spiro atoms. The molecule has 1 fully saturated rings. The highest BCUT2D eigenvalue weighted by Crippen LogP contribution is 2.26. The van der Waals surface area contributed by atoms with Crippen LogP contribution in [0, 0.1) is 5.82 Å². The van der Waals surface area contributed by atoms with Crippen molar-refractivity contribution in [1.82, 2.24) is 15.1 Å². The lowest BCUT2D eigenvalue weighted by atomic mass is 10.1. The van der Waals surface area contributed by atoms with E-state index in [9.17, 15) is 14.0 Å². The van der Waals surface area contributed by atoms with Gasteiger partial charge >= 0.3 is 0 Å². The normalized spacial score (nSPS) is 16.6. The molecule has 1 aliphatic heterocycles. The standard InChI is InChI=1S/C20H24FN3O2S/c1-15(25)24-10-3-9-23(11-12-24)14-19(26)22-20(18-4-2-13-27-18)16-5-7-17(21)8-6-16/h2,4-8,13,20H,3,9-12,14H2,1H3,(H,22,26). The topological polar surface area (TPSA) is 52.7 Å². The van der Waals surface area contributed by atoms with Gasteiger partial charge < -0.3 is 10.2 Å². The third kappa shape index (κ3) is 5.37. The summed E-state index contributed by atoms with van der Waals surface area (Å²) in [4.78, 5) is 29.1. The van der Waals surface area contributed by atoms with Crippen molar-refractivity contribution >= 4 is 23.2 Å². The molecule has 27 heavy (non-hydrogen) atoms. The number of nitrogens with zero attached hydrogens (tertiary/aromatic N) is 2. The van der Waals surface area contributed by atoms with Crippen molar-refractivity contribution < 1.29 is 14.0 Å². The minimum absolute atomic E-state index is 0.0750. The van der Waals surface area contributed by atoms with Crippen LogP contribution in [-0.2, 0) is 9.59 Å². The van der Waals surface area contributed by atoms with Gasteiger partial charge in [-0.3, -0.25) is 14.5 Å². The molecular weight excluding hydrogens is 365 g/mol. The highest BCUT2D eigenvalue weighted by Gasteiger charge is 2.22. The van der Waals surface area contributed by atoms with Crippen molar-refractivity contribution in [2.45, 2.75) is 19.4 Å². The van der Waals surface area contributed by atoms with Gasteiger partial charge in [-0.1, -0.05) is 18.2 Å². The lowest BCUT2D eigenvalue weighted by molar-refractivity contribution is -0.128. The Hall–Kier alpha value is -2.25. The fourth-order valence-electron chi connectivity index (χ4n) is 3.28. The molecule has 0 saturated carbocycles. The molecule has 2 amide bonds. The van der Waals surface area contributed by atoms with Crippen LogP contribution in [0.4, 0.5) is 4.39 Å². The minimum atomic E-state index is -0.297. The van der Waals surface area contributed by atoms with Crippen molar-refractivity contribution in [3.8, 4) is 0 Å². The maximum Gasteiger partial charge on any atom is 0.234 e. The number of carbonyl (C=O) groups is 2. The van der Waals surface area contributed by atoms with Crippen molar-refractivity contribution in [1.29, 1.82) is 0 Å². The van der Waals surface area contributed by atoms with E-state index in [-0.39, 0.29) is 30.2 Å².